The Bertz CT molecular complexity index is 809. The summed E-state index contributed by atoms with van der Waals surface area (Å²) in [4.78, 5) is 15.8. The van der Waals surface area contributed by atoms with Crippen LogP contribution in [0, 0.1) is 11.3 Å². The van der Waals surface area contributed by atoms with Crippen LogP contribution >= 0.6 is 11.8 Å². The van der Waals surface area contributed by atoms with Crippen LogP contribution in [0.3, 0.4) is 0 Å². The van der Waals surface area contributed by atoms with Crippen LogP contribution < -0.4 is 15.0 Å². The lowest BCUT2D eigenvalue weighted by Gasteiger charge is -2.13. The lowest BCUT2D eigenvalue weighted by Crippen LogP contribution is -2.11. The van der Waals surface area contributed by atoms with Crippen LogP contribution in [0.1, 0.15) is 25.3 Å². The van der Waals surface area contributed by atoms with E-state index in [2.05, 4.69) is 11.9 Å². The van der Waals surface area contributed by atoms with Crippen molar-refractivity contribution in [2.75, 3.05) is 20.0 Å². The van der Waals surface area contributed by atoms with Gasteiger partial charge in [0.05, 0.1) is 19.9 Å². The van der Waals surface area contributed by atoms with Gasteiger partial charge in [0.1, 0.15) is 11.6 Å². The van der Waals surface area contributed by atoms with Crippen molar-refractivity contribution in [1.29, 1.82) is 5.26 Å². The van der Waals surface area contributed by atoms with Gasteiger partial charge in [-0.1, -0.05) is 13.3 Å². The number of nitrogens with zero attached hydrogens (tertiary/aromatic N) is 1. The van der Waals surface area contributed by atoms with Crippen molar-refractivity contribution >= 4 is 11.8 Å². The van der Waals surface area contributed by atoms with Crippen LogP contribution in [-0.2, 0) is 0 Å². The molecule has 0 aliphatic rings. The molecule has 1 aromatic carbocycles. The summed E-state index contributed by atoms with van der Waals surface area (Å²) in [7, 11) is 3.15. The zero-order valence-electron chi connectivity index (χ0n) is 14.0. The molecule has 0 saturated carbocycles. The van der Waals surface area contributed by atoms with E-state index >= 15 is 0 Å². The molecular formula is C18H20N2O3S. The van der Waals surface area contributed by atoms with E-state index in [0.29, 0.717) is 17.2 Å². The number of benzene rings is 1. The molecule has 1 heterocycles. The highest BCUT2D eigenvalue weighted by atomic mass is 32.2. The molecule has 126 valence electrons. The molecule has 5 nitrogen and oxygen atoms in total. The molecule has 0 spiro atoms. The molecule has 2 rings (SSSR count). The second-order valence-electron chi connectivity index (χ2n) is 5.13. The molecule has 1 N–H and O–H groups in total. The average molecular weight is 344 g/mol. The minimum absolute atomic E-state index is 0.123. The average Bonchev–Trinajstić information content (AvgIpc) is 2.62. The van der Waals surface area contributed by atoms with Crippen LogP contribution in [0.4, 0.5) is 0 Å². The second kappa shape index (κ2) is 8.46. The summed E-state index contributed by atoms with van der Waals surface area (Å²) in [5.41, 5.74) is 1.25. The third kappa shape index (κ3) is 3.92. The van der Waals surface area contributed by atoms with E-state index < -0.39 is 0 Å². The lowest BCUT2D eigenvalue weighted by atomic mass is 10.1. The first kappa shape index (κ1) is 18.0. The Hall–Kier alpha value is -2.39. The molecule has 0 saturated heterocycles. The highest BCUT2D eigenvalue weighted by molar-refractivity contribution is 7.99. The molecule has 6 heteroatoms. The number of nitrogens with one attached hydrogen (secondary N) is 1. The summed E-state index contributed by atoms with van der Waals surface area (Å²) < 4.78 is 10.6. The molecule has 1 aromatic heterocycles. The Kier molecular flexibility index (Phi) is 6.33. The first-order valence-electron chi connectivity index (χ1n) is 7.67. The monoisotopic (exact) mass is 344 g/mol. The van der Waals surface area contributed by atoms with Crippen molar-refractivity contribution in [1.82, 2.24) is 4.98 Å². The van der Waals surface area contributed by atoms with Crippen LogP contribution in [0.15, 0.2) is 34.0 Å². The number of aromatic amines is 1. The van der Waals surface area contributed by atoms with Gasteiger partial charge >= 0.3 is 0 Å². The van der Waals surface area contributed by atoms with Crippen molar-refractivity contribution < 1.29 is 9.47 Å². The Morgan fingerprint density at radius 2 is 1.96 bits per heavy atom. The van der Waals surface area contributed by atoms with E-state index in [1.54, 1.807) is 38.1 Å². The smallest absolute Gasteiger partial charge is 0.266 e. The van der Waals surface area contributed by atoms with Crippen LogP contribution in [-0.4, -0.2) is 25.0 Å². The Morgan fingerprint density at radius 3 is 2.58 bits per heavy atom. The maximum Gasteiger partial charge on any atom is 0.266 e. The minimum atomic E-state index is -0.387. The molecular weight excluding hydrogens is 324 g/mol. The summed E-state index contributed by atoms with van der Waals surface area (Å²) in [5.74, 6) is 2.13. The summed E-state index contributed by atoms with van der Waals surface area (Å²) in [6.45, 7) is 2.13. The molecule has 2 aromatic rings. The number of hydrogen-bond acceptors (Lipinski definition) is 5. The van der Waals surface area contributed by atoms with Gasteiger partial charge in [0.25, 0.3) is 5.56 Å². The summed E-state index contributed by atoms with van der Waals surface area (Å²) >= 11 is 1.63. The Morgan fingerprint density at radius 1 is 1.21 bits per heavy atom. The third-order valence-corrected chi connectivity index (χ3v) is 4.68. The molecule has 0 atom stereocenters. The van der Waals surface area contributed by atoms with Gasteiger partial charge in [-0.05, 0) is 36.4 Å². The molecule has 0 radical (unpaired) electrons. The van der Waals surface area contributed by atoms with E-state index in [9.17, 15) is 4.79 Å². The van der Waals surface area contributed by atoms with Gasteiger partial charge in [-0.15, -0.1) is 11.8 Å². The number of methoxy groups -OCH3 is 2. The van der Waals surface area contributed by atoms with Gasteiger partial charge in [-0.2, -0.15) is 5.26 Å². The normalized spacial score (nSPS) is 10.2. The highest BCUT2D eigenvalue weighted by Crippen LogP contribution is 2.35. The largest absolute Gasteiger partial charge is 0.493 e. The Balaban J connectivity index is 2.53. The van der Waals surface area contributed by atoms with E-state index in [0.717, 1.165) is 29.1 Å². The SMILES string of the molecule is CCCCSc1cc(C#N)c(=O)[nH]c1-c1ccc(OC)c(OC)c1. The number of H-pyrrole nitrogens is 1. The molecule has 0 amide bonds. The molecule has 0 unspecified atom stereocenters. The van der Waals surface area contributed by atoms with E-state index in [1.165, 1.54) is 0 Å². The maximum atomic E-state index is 12.1. The molecule has 0 fully saturated rings. The van der Waals surface area contributed by atoms with Crippen LogP contribution in [0.25, 0.3) is 11.3 Å². The predicted octanol–water partition coefficient (Wildman–Crippen LogP) is 3.82. The summed E-state index contributed by atoms with van der Waals surface area (Å²) in [6.07, 6.45) is 2.16. The fraction of sp³-hybridized carbons (Fsp3) is 0.333. The number of ether oxygens (including phenoxy) is 2. The molecule has 0 aliphatic carbocycles. The van der Waals surface area contributed by atoms with E-state index in [1.807, 2.05) is 18.2 Å². The Labute approximate surface area is 145 Å². The second-order valence-corrected chi connectivity index (χ2v) is 6.27. The topological polar surface area (TPSA) is 75.1 Å². The zero-order valence-corrected chi connectivity index (χ0v) is 14.8. The fourth-order valence-electron chi connectivity index (χ4n) is 2.24. The van der Waals surface area contributed by atoms with Gasteiger partial charge in [0, 0.05) is 10.5 Å². The third-order valence-electron chi connectivity index (χ3n) is 3.55. The number of hydrogen-bond donors (Lipinski definition) is 1. The minimum Gasteiger partial charge on any atom is -0.493 e. The van der Waals surface area contributed by atoms with E-state index in [-0.39, 0.29) is 11.1 Å². The highest BCUT2D eigenvalue weighted by Gasteiger charge is 2.13. The van der Waals surface area contributed by atoms with Gasteiger partial charge in [-0.3, -0.25) is 4.79 Å². The van der Waals surface area contributed by atoms with Crippen molar-refractivity contribution in [3.63, 3.8) is 0 Å². The number of nitriles is 1. The van der Waals surface area contributed by atoms with Gasteiger partial charge in [0.15, 0.2) is 11.5 Å². The van der Waals surface area contributed by atoms with Crippen LogP contribution in [0.5, 0.6) is 11.5 Å². The molecule has 0 aliphatic heterocycles. The van der Waals surface area contributed by atoms with E-state index in [4.69, 9.17) is 14.7 Å². The first-order chi connectivity index (χ1) is 11.6. The number of aromatic nitrogens is 1. The van der Waals surface area contributed by atoms with Crippen molar-refractivity contribution in [2.45, 2.75) is 24.7 Å². The van der Waals surface area contributed by atoms with Crippen molar-refractivity contribution in [3.8, 4) is 28.8 Å². The maximum absolute atomic E-state index is 12.1. The summed E-state index contributed by atoms with van der Waals surface area (Å²) in [6, 6.07) is 9.08. The lowest BCUT2D eigenvalue weighted by molar-refractivity contribution is 0.355. The predicted molar refractivity (Wildman–Crippen MR) is 95.9 cm³/mol. The quantitative estimate of drug-likeness (QED) is 0.610. The van der Waals surface area contributed by atoms with Crippen LogP contribution in [0.2, 0.25) is 0 Å². The van der Waals surface area contributed by atoms with Crippen molar-refractivity contribution in [2.24, 2.45) is 0 Å². The molecule has 0 bridgehead atoms. The first-order valence-corrected chi connectivity index (χ1v) is 8.65. The number of pyridine rings is 1. The number of thioether (sulfide) groups is 1. The zero-order chi connectivity index (χ0) is 17.5. The number of rotatable bonds is 7. The number of unbranched alkanes of at least 4 members (excludes halogenated alkanes) is 1. The standard InChI is InChI=1S/C18H20N2O3S/c1-4-5-8-24-16-10-13(11-19)18(21)20-17(16)12-6-7-14(22-2)15(9-12)23-3/h6-7,9-10H,4-5,8H2,1-3H3,(H,20,21). The fourth-order valence-corrected chi connectivity index (χ4v) is 3.41. The van der Waals surface area contributed by atoms with Gasteiger partial charge in [0.2, 0.25) is 0 Å². The summed E-state index contributed by atoms with van der Waals surface area (Å²) in [5, 5.41) is 9.11. The van der Waals surface area contributed by atoms with Gasteiger partial charge in [-0.25, -0.2) is 0 Å². The van der Waals surface area contributed by atoms with Gasteiger partial charge < -0.3 is 14.5 Å². The van der Waals surface area contributed by atoms with Crippen molar-refractivity contribution in [3.05, 3.63) is 40.2 Å². The molecule has 24 heavy (non-hydrogen) atoms.